The van der Waals surface area contributed by atoms with E-state index in [-0.39, 0.29) is 5.91 Å². The summed E-state index contributed by atoms with van der Waals surface area (Å²) < 4.78 is 10.7. The lowest BCUT2D eigenvalue weighted by Gasteiger charge is -2.57. The van der Waals surface area contributed by atoms with Crippen molar-refractivity contribution in [3.05, 3.63) is 69.3 Å². The number of fused-ring (bicyclic) bond motifs is 1. The standard InChI is InChI=1S/C27H25Cl2N5O3/c1-36-20-9-21(37-2)24(29)22(23(20)28)18-8-7-17-19(32-18)10-31-25(17)33-26(35)15-3-5-16(6-4-15)34-13-27(14-34)11-30-12-27/h3-9,30H,10-14H2,1-2H3,(H,31,33,35). The van der Waals surface area contributed by atoms with Crippen LogP contribution < -0.4 is 25.0 Å². The molecule has 3 aliphatic heterocycles. The largest absolute Gasteiger partial charge is 0.495 e. The van der Waals surface area contributed by atoms with Crippen LogP contribution in [0.4, 0.5) is 5.69 Å². The summed E-state index contributed by atoms with van der Waals surface area (Å²) in [6, 6.07) is 13.0. The minimum atomic E-state index is -0.214. The minimum Gasteiger partial charge on any atom is -0.495 e. The molecular formula is C27H25Cl2N5O3. The van der Waals surface area contributed by atoms with Gasteiger partial charge in [-0.05, 0) is 36.4 Å². The molecule has 0 unspecified atom stereocenters. The molecule has 3 aliphatic rings. The molecular weight excluding hydrogens is 513 g/mol. The molecule has 8 nitrogen and oxygen atoms in total. The van der Waals surface area contributed by atoms with Crippen LogP contribution in [-0.4, -0.2) is 57.1 Å². The maximum atomic E-state index is 13.0. The highest BCUT2D eigenvalue weighted by atomic mass is 35.5. The lowest BCUT2D eigenvalue weighted by molar-refractivity contribution is 0.0977. The molecule has 2 N–H and O–H groups in total. The number of amidine groups is 1. The van der Waals surface area contributed by atoms with Crippen LogP contribution >= 0.6 is 23.2 Å². The van der Waals surface area contributed by atoms with E-state index >= 15 is 0 Å². The van der Waals surface area contributed by atoms with Crippen molar-refractivity contribution in [3.8, 4) is 22.8 Å². The van der Waals surface area contributed by atoms with Gasteiger partial charge in [0.1, 0.15) is 17.3 Å². The summed E-state index contributed by atoms with van der Waals surface area (Å²) >= 11 is 13.1. The summed E-state index contributed by atoms with van der Waals surface area (Å²) in [6.45, 7) is 4.65. The van der Waals surface area contributed by atoms with Crippen LogP contribution in [0.15, 0.2) is 47.5 Å². The Morgan fingerprint density at radius 2 is 1.70 bits per heavy atom. The number of hydrogen-bond donors (Lipinski definition) is 2. The summed E-state index contributed by atoms with van der Waals surface area (Å²) in [5.41, 5.74) is 4.72. The summed E-state index contributed by atoms with van der Waals surface area (Å²) in [4.78, 5) is 24.6. The summed E-state index contributed by atoms with van der Waals surface area (Å²) in [5.74, 6) is 1.15. The number of nitrogens with zero attached hydrogens (tertiary/aromatic N) is 3. The predicted octanol–water partition coefficient (Wildman–Crippen LogP) is 4.17. The van der Waals surface area contributed by atoms with Crippen molar-refractivity contribution in [1.29, 1.82) is 0 Å². The maximum absolute atomic E-state index is 13.0. The number of halogens is 2. The van der Waals surface area contributed by atoms with Crippen molar-refractivity contribution >= 4 is 40.6 Å². The van der Waals surface area contributed by atoms with Crippen molar-refractivity contribution in [2.45, 2.75) is 6.54 Å². The first-order valence-corrected chi connectivity index (χ1v) is 12.7. The molecule has 37 heavy (non-hydrogen) atoms. The molecule has 1 aromatic heterocycles. The highest BCUT2D eigenvalue weighted by molar-refractivity contribution is 6.41. The molecule has 0 radical (unpaired) electrons. The van der Waals surface area contributed by atoms with Gasteiger partial charge in [-0.2, -0.15) is 0 Å². The van der Waals surface area contributed by atoms with Crippen molar-refractivity contribution in [1.82, 2.24) is 15.6 Å². The highest BCUT2D eigenvalue weighted by Gasteiger charge is 2.47. The number of benzene rings is 2. The number of pyridine rings is 1. The van der Waals surface area contributed by atoms with Crippen molar-refractivity contribution < 1.29 is 14.3 Å². The molecule has 3 aromatic rings. The molecule has 2 aromatic carbocycles. The molecule has 1 amide bonds. The molecule has 190 valence electrons. The third-order valence-corrected chi connectivity index (χ3v) is 7.98. The van der Waals surface area contributed by atoms with Crippen molar-refractivity contribution in [3.63, 3.8) is 0 Å². The van der Waals surface area contributed by atoms with Crippen LogP contribution in [0.25, 0.3) is 11.3 Å². The van der Waals surface area contributed by atoms with Gasteiger partial charge in [0.2, 0.25) is 0 Å². The van der Waals surface area contributed by atoms with Gasteiger partial charge < -0.3 is 25.0 Å². The fraction of sp³-hybridized carbons (Fsp3) is 0.296. The number of aliphatic imine (C=N–C) groups is 1. The van der Waals surface area contributed by atoms with E-state index in [4.69, 9.17) is 37.7 Å². The van der Waals surface area contributed by atoms with E-state index in [0.29, 0.717) is 61.9 Å². The smallest absolute Gasteiger partial charge is 0.256 e. The topological polar surface area (TPSA) is 88.1 Å². The van der Waals surface area contributed by atoms with Gasteiger partial charge in [-0.25, -0.2) is 4.98 Å². The zero-order chi connectivity index (χ0) is 25.7. The molecule has 0 aliphatic carbocycles. The van der Waals surface area contributed by atoms with Gasteiger partial charge in [0.25, 0.3) is 5.91 Å². The molecule has 1 spiro atoms. The van der Waals surface area contributed by atoms with Gasteiger partial charge in [0.15, 0.2) is 0 Å². The summed E-state index contributed by atoms with van der Waals surface area (Å²) in [7, 11) is 3.05. The second-order valence-electron chi connectivity index (χ2n) is 9.60. The van der Waals surface area contributed by atoms with Crippen LogP contribution in [-0.2, 0) is 6.54 Å². The van der Waals surface area contributed by atoms with Crippen molar-refractivity contribution in [2.24, 2.45) is 10.4 Å². The average molecular weight is 538 g/mol. The van der Waals surface area contributed by atoms with E-state index in [1.807, 2.05) is 30.3 Å². The lowest BCUT2D eigenvalue weighted by atomic mass is 9.74. The molecule has 2 saturated heterocycles. The zero-order valence-electron chi connectivity index (χ0n) is 20.4. The van der Waals surface area contributed by atoms with Gasteiger partial charge in [0.05, 0.1) is 42.2 Å². The van der Waals surface area contributed by atoms with E-state index in [1.165, 1.54) is 14.2 Å². The third-order valence-electron chi connectivity index (χ3n) is 7.23. The molecule has 0 saturated carbocycles. The minimum absolute atomic E-state index is 0.214. The SMILES string of the molecule is COc1cc(OC)c(Cl)c(-c2ccc3c(n2)CN=C3NC(=O)c2ccc(N3CC4(CNC4)C3)cc2)c1Cl. The number of anilines is 1. The third kappa shape index (κ3) is 4.09. The molecule has 4 heterocycles. The molecule has 0 bridgehead atoms. The number of carbonyl (C=O) groups excluding carboxylic acids is 1. The van der Waals surface area contributed by atoms with Gasteiger partial charge in [-0.1, -0.05) is 23.2 Å². The van der Waals surface area contributed by atoms with Crippen LogP contribution in [0, 0.1) is 5.41 Å². The van der Waals surface area contributed by atoms with Crippen LogP contribution in [0.1, 0.15) is 21.6 Å². The van der Waals surface area contributed by atoms with E-state index in [1.54, 1.807) is 12.1 Å². The Labute approximate surface area is 224 Å². The first-order chi connectivity index (χ1) is 17.9. The zero-order valence-corrected chi connectivity index (χ0v) is 21.9. The highest BCUT2D eigenvalue weighted by Crippen LogP contribution is 2.45. The number of amides is 1. The molecule has 6 rings (SSSR count). The van der Waals surface area contributed by atoms with E-state index < -0.39 is 0 Å². The predicted molar refractivity (Wildman–Crippen MR) is 144 cm³/mol. The Morgan fingerprint density at radius 3 is 2.30 bits per heavy atom. The first-order valence-electron chi connectivity index (χ1n) is 11.9. The van der Waals surface area contributed by atoms with E-state index in [2.05, 4.69) is 20.5 Å². The van der Waals surface area contributed by atoms with E-state index in [0.717, 1.165) is 37.4 Å². The maximum Gasteiger partial charge on any atom is 0.256 e. The number of nitrogens with one attached hydrogen (secondary N) is 2. The van der Waals surface area contributed by atoms with Gasteiger partial charge >= 0.3 is 0 Å². The lowest BCUT2D eigenvalue weighted by Crippen LogP contribution is -2.71. The Balaban J connectivity index is 1.18. The summed E-state index contributed by atoms with van der Waals surface area (Å²) in [6.07, 6.45) is 0. The molecule has 2 fully saturated rings. The Bertz CT molecular complexity index is 1400. The number of methoxy groups -OCH3 is 2. The number of rotatable bonds is 5. The fourth-order valence-electron chi connectivity index (χ4n) is 5.08. The molecule has 0 atom stereocenters. The number of aromatic nitrogens is 1. The van der Waals surface area contributed by atoms with Crippen LogP contribution in [0.2, 0.25) is 10.0 Å². The average Bonchev–Trinajstić information content (AvgIpc) is 3.25. The monoisotopic (exact) mass is 537 g/mol. The number of ether oxygens (including phenoxy) is 2. The normalized spacial score (nSPS) is 17.0. The second kappa shape index (κ2) is 9.20. The first kappa shape index (κ1) is 24.0. The van der Waals surface area contributed by atoms with Gasteiger partial charge in [-0.3, -0.25) is 9.79 Å². The number of hydrogen-bond acceptors (Lipinski definition) is 7. The number of carbonyl (C=O) groups is 1. The Morgan fingerprint density at radius 1 is 1.03 bits per heavy atom. The van der Waals surface area contributed by atoms with E-state index in [9.17, 15) is 4.79 Å². The fourth-order valence-corrected chi connectivity index (χ4v) is 5.78. The van der Waals surface area contributed by atoms with Crippen LogP contribution in [0.3, 0.4) is 0 Å². The quantitative estimate of drug-likeness (QED) is 0.507. The second-order valence-corrected chi connectivity index (χ2v) is 10.4. The van der Waals surface area contributed by atoms with Crippen molar-refractivity contribution in [2.75, 3.05) is 45.3 Å². The molecule has 10 heteroatoms. The Kier molecular flexibility index (Phi) is 5.98. The Hall–Kier alpha value is -3.33. The van der Waals surface area contributed by atoms with Gasteiger partial charge in [0, 0.05) is 60.0 Å². The summed E-state index contributed by atoms with van der Waals surface area (Å²) in [5, 5.41) is 6.97. The van der Waals surface area contributed by atoms with Crippen LogP contribution in [0.5, 0.6) is 11.5 Å². The van der Waals surface area contributed by atoms with Gasteiger partial charge in [-0.15, -0.1) is 0 Å².